The Balaban J connectivity index is 0.00000364. The van der Waals surface area contributed by atoms with Gasteiger partial charge in [-0.15, -0.1) is 12.4 Å². The predicted octanol–water partition coefficient (Wildman–Crippen LogP) is 0.529. The number of ether oxygens (including phenoxy) is 1. The maximum Gasteiger partial charge on any atom is 0.322 e. The third kappa shape index (κ3) is 7.44. The van der Waals surface area contributed by atoms with E-state index < -0.39 is 12.1 Å². The van der Waals surface area contributed by atoms with Crippen molar-refractivity contribution in [1.82, 2.24) is 15.1 Å². The van der Waals surface area contributed by atoms with Gasteiger partial charge < -0.3 is 20.1 Å². The number of carbonyl (C=O) groups excluding carboxylic acids is 2. The molecular weight excluding hydrogens is 374 g/mol. The van der Waals surface area contributed by atoms with Crippen molar-refractivity contribution < 1.29 is 24.2 Å². The van der Waals surface area contributed by atoms with Gasteiger partial charge in [-0.2, -0.15) is 0 Å². The zero-order valence-electron chi connectivity index (χ0n) is 15.5. The number of hydrogen-bond donors (Lipinski definition) is 2. The molecule has 2 rings (SSSR count). The number of aliphatic carboxylic acids is 1. The van der Waals surface area contributed by atoms with Gasteiger partial charge in [-0.1, -0.05) is 12.1 Å². The maximum atomic E-state index is 12.5. The molecule has 1 aliphatic rings. The van der Waals surface area contributed by atoms with Crippen LogP contribution in [0.4, 0.5) is 0 Å². The highest BCUT2D eigenvalue weighted by Crippen LogP contribution is 2.15. The van der Waals surface area contributed by atoms with E-state index in [1.165, 1.54) is 0 Å². The molecule has 1 heterocycles. The van der Waals surface area contributed by atoms with Crippen LogP contribution >= 0.6 is 12.4 Å². The van der Waals surface area contributed by atoms with Crippen molar-refractivity contribution in [2.75, 3.05) is 39.3 Å². The minimum atomic E-state index is -1.07. The Hall–Kier alpha value is -2.32. The average molecular weight is 400 g/mol. The zero-order chi connectivity index (χ0) is 19.1. The first-order valence-electron chi connectivity index (χ1n) is 8.58. The van der Waals surface area contributed by atoms with Crippen LogP contribution in [-0.2, 0) is 14.4 Å². The van der Waals surface area contributed by atoms with Crippen LogP contribution in [0, 0.1) is 6.92 Å². The molecule has 0 radical (unpaired) electrons. The van der Waals surface area contributed by atoms with E-state index in [-0.39, 0.29) is 37.3 Å². The molecule has 1 aliphatic heterocycles. The van der Waals surface area contributed by atoms with Crippen molar-refractivity contribution in [2.24, 2.45) is 0 Å². The Morgan fingerprint density at radius 3 is 2.48 bits per heavy atom. The summed E-state index contributed by atoms with van der Waals surface area (Å²) in [6.07, 6.45) is -0.581. The molecule has 1 unspecified atom stereocenters. The van der Waals surface area contributed by atoms with Gasteiger partial charge >= 0.3 is 5.97 Å². The lowest BCUT2D eigenvalue weighted by Gasteiger charge is -2.35. The molecule has 27 heavy (non-hydrogen) atoms. The van der Waals surface area contributed by atoms with Crippen LogP contribution in [0.5, 0.6) is 5.75 Å². The fourth-order valence-corrected chi connectivity index (χ4v) is 2.76. The fraction of sp³-hybridized carbons (Fsp3) is 0.500. The normalized spacial score (nSPS) is 15.4. The lowest BCUT2D eigenvalue weighted by atomic mass is 10.2. The third-order valence-electron chi connectivity index (χ3n) is 4.14. The molecule has 1 aromatic carbocycles. The minimum Gasteiger partial charge on any atom is -0.481 e. The monoisotopic (exact) mass is 399 g/mol. The van der Waals surface area contributed by atoms with Crippen LogP contribution in [0.3, 0.4) is 0 Å². The van der Waals surface area contributed by atoms with Crippen molar-refractivity contribution in [2.45, 2.75) is 20.0 Å². The largest absolute Gasteiger partial charge is 0.481 e. The van der Waals surface area contributed by atoms with Crippen LogP contribution in [-0.4, -0.2) is 78.1 Å². The number of nitrogens with one attached hydrogen (secondary N) is 1. The number of carboxylic acids is 1. The van der Waals surface area contributed by atoms with Gasteiger partial charge in [0.25, 0.3) is 5.91 Å². The van der Waals surface area contributed by atoms with E-state index in [1.807, 2.05) is 36.1 Å². The summed E-state index contributed by atoms with van der Waals surface area (Å²) in [5.74, 6) is -0.819. The van der Waals surface area contributed by atoms with Gasteiger partial charge in [0.15, 0.2) is 6.10 Å². The van der Waals surface area contributed by atoms with Gasteiger partial charge in [0.1, 0.15) is 12.3 Å². The van der Waals surface area contributed by atoms with Gasteiger partial charge in [-0.25, -0.2) is 0 Å². The summed E-state index contributed by atoms with van der Waals surface area (Å²) >= 11 is 0. The highest BCUT2D eigenvalue weighted by Gasteiger charge is 2.26. The van der Waals surface area contributed by atoms with Gasteiger partial charge in [0, 0.05) is 26.2 Å². The molecule has 9 heteroatoms. The van der Waals surface area contributed by atoms with Crippen LogP contribution in [0.25, 0.3) is 0 Å². The van der Waals surface area contributed by atoms with Crippen LogP contribution < -0.4 is 10.1 Å². The topological polar surface area (TPSA) is 99.2 Å². The van der Waals surface area contributed by atoms with Gasteiger partial charge in [-0.05, 0) is 31.5 Å². The second-order valence-corrected chi connectivity index (χ2v) is 6.35. The molecule has 1 fully saturated rings. The summed E-state index contributed by atoms with van der Waals surface area (Å²) in [6, 6.07) is 7.56. The van der Waals surface area contributed by atoms with E-state index in [1.54, 1.807) is 11.8 Å². The van der Waals surface area contributed by atoms with E-state index in [0.717, 1.165) is 5.56 Å². The lowest BCUT2D eigenvalue weighted by Crippen LogP contribution is -2.53. The average Bonchev–Trinajstić information content (AvgIpc) is 2.60. The van der Waals surface area contributed by atoms with E-state index in [2.05, 4.69) is 5.32 Å². The molecule has 2 N–H and O–H groups in total. The number of piperazine rings is 1. The summed E-state index contributed by atoms with van der Waals surface area (Å²) in [5, 5.41) is 10.9. The lowest BCUT2D eigenvalue weighted by molar-refractivity contribution is -0.140. The number of amides is 2. The molecule has 8 nitrogen and oxygen atoms in total. The number of aryl methyl sites for hydroxylation is 1. The number of carboxylic acid groups (broad SMARTS) is 1. The van der Waals surface area contributed by atoms with Crippen molar-refractivity contribution >= 4 is 30.2 Å². The number of hydrogen-bond acceptors (Lipinski definition) is 5. The highest BCUT2D eigenvalue weighted by molar-refractivity contribution is 5.85. The summed E-state index contributed by atoms with van der Waals surface area (Å²) < 4.78 is 5.73. The fourth-order valence-electron chi connectivity index (χ4n) is 2.76. The molecule has 150 valence electrons. The molecule has 0 aliphatic carbocycles. The van der Waals surface area contributed by atoms with E-state index in [4.69, 9.17) is 9.84 Å². The molecule has 2 amide bonds. The Morgan fingerprint density at radius 1 is 1.22 bits per heavy atom. The molecule has 0 bridgehead atoms. The molecule has 1 aromatic rings. The maximum absolute atomic E-state index is 12.5. The molecular formula is C18H26ClN3O5. The number of nitrogens with zero attached hydrogens (tertiary/aromatic N) is 2. The summed E-state index contributed by atoms with van der Waals surface area (Å²) in [5.41, 5.74) is 1.07. The van der Waals surface area contributed by atoms with Crippen molar-refractivity contribution in [3.05, 3.63) is 29.8 Å². The smallest absolute Gasteiger partial charge is 0.322 e. The van der Waals surface area contributed by atoms with Crippen LogP contribution in [0.1, 0.15) is 12.5 Å². The Labute approximate surface area is 164 Å². The van der Waals surface area contributed by atoms with Gasteiger partial charge in [0.05, 0.1) is 6.54 Å². The van der Waals surface area contributed by atoms with Crippen LogP contribution in [0.15, 0.2) is 24.3 Å². The van der Waals surface area contributed by atoms with Crippen molar-refractivity contribution in [3.8, 4) is 5.75 Å². The summed E-state index contributed by atoms with van der Waals surface area (Å²) in [4.78, 5) is 38.3. The Morgan fingerprint density at radius 2 is 1.89 bits per heavy atom. The van der Waals surface area contributed by atoms with Crippen molar-refractivity contribution in [3.63, 3.8) is 0 Å². The molecule has 1 atom stereocenters. The molecule has 0 saturated carbocycles. The Bertz CT molecular complexity index is 662. The van der Waals surface area contributed by atoms with E-state index in [9.17, 15) is 14.4 Å². The first-order chi connectivity index (χ1) is 12.3. The van der Waals surface area contributed by atoms with Crippen LogP contribution in [0.2, 0.25) is 0 Å². The quantitative estimate of drug-likeness (QED) is 0.693. The first kappa shape index (κ1) is 22.7. The standard InChI is InChI=1S/C18H25N3O5.ClH/c1-13-4-3-5-15(10-13)26-14(2)18(25)21-8-6-20(7-9-21)12-16(22)19-11-17(23)24;/h3-5,10,14H,6-9,11-12H2,1-2H3,(H,19,22)(H,23,24);1H. The first-order valence-corrected chi connectivity index (χ1v) is 8.58. The third-order valence-corrected chi connectivity index (χ3v) is 4.14. The number of halogens is 1. The zero-order valence-corrected chi connectivity index (χ0v) is 16.3. The number of carbonyl (C=O) groups is 3. The predicted molar refractivity (Wildman–Crippen MR) is 102 cm³/mol. The summed E-state index contributed by atoms with van der Waals surface area (Å²) in [6.45, 7) is 5.57. The summed E-state index contributed by atoms with van der Waals surface area (Å²) in [7, 11) is 0. The highest BCUT2D eigenvalue weighted by atomic mass is 35.5. The van der Waals surface area contributed by atoms with E-state index in [0.29, 0.717) is 31.9 Å². The molecule has 1 saturated heterocycles. The number of benzene rings is 1. The number of rotatable bonds is 7. The molecule has 0 aromatic heterocycles. The van der Waals surface area contributed by atoms with Gasteiger partial charge in [0.2, 0.25) is 5.91 Å². The second kappa shape index (κ2) is 10.7. The van der Waals surface area contributed by atoms with E-state index >= 15 is 0 Å². The SMILES string of the molecule is Cc1cccc(OC(C)C(=O)N2CCN(CC(=O)NCC(=O)O)CC2)c1.Cl. The van der Waals surface area contributed by atoms with Crippen molar-refractivity contribution in [1.29, 1.82) is 0 Å². The minimum absolute atomic E-state index is 0. The Kier molecular flexibility index (Phi) is 9.04. The second-order valence-electron chi connectivity index (χ2n) is 6.35. The molecule has 0 spiro atoms. The van der Waals surface area contributed by atoms with Gasteiger partial charge in [-0.3, -0.25) is 19.3 Å².